The van der Waals surface area contributed by atoms with Crippen molar-refractivity contribution in [2.45, 2.75) is 12.8 Å². The van der Waals surface area contributed by atoms with Gasteiger partial charge in [0.05, 0.1) is 0 Å². The standard InChI is InChI=1S/C14H18N2O2/c1-17-14(18-2)10-16-9-12-8-15-7-11-5-3-4-6-13(11)12/h3-8,14,16H,9-10H2,1-2H3. The Labute approximate surface area is 107 Å². The third-order valence-corrected chi connectivity index (χ3v) is 2.90. The van der Waals surface area contributed by atoms with E-state index in [1.54, 1.807) is 14.2 Å². The Bertz CT molecular complexity index is 493. The number of rotatable bonds is 6. The van der Waals surface area contributed by atoms with Crippen molar-refractivity contribution in [3.05, 3.63) is 42.2 Å². The number of fused-ring (bicyclic) bond motifs is 1. The Morgan fingerprint density at radius 2 is 1.94 bits per heavy atom. The molecule has 0 unspecified atom stereocenters. The number of ether oxygens (including phenoxy) is 2. The van der Waals surface area contributed by atoms with Gasteiger partial charge in [0, 0.05) is 45.1 Å². The van der Waals surface area contributed by atoms with Crippen molar-refractivity contribution in [2.75, 3.05) is 20.8 Å². The average molecular weight is 246 g/mol. The molecule has 1 aromatic heterocycles. The van der Waals surface area contributed by atoms with E-state index in [0.29, 0.717) is 6.54 Å². The summed E-state index contributed by atoms with van der Waals surface area (Å²) in [6, 6.07) is 8.24. The van der Waals surface area contributed by atoms with E-state index >= 15 is 0 Å². The molecule has 0 amide bonds. The maximum Gasteiger partial charge on any atom is 0.169 e. The lowest BCUT2D eigenvalue weighted by atomic mass is 10.1. The third kappa shape index (κ3) is 3.04. The summed E-state index contributed by atoms with van der Waals surface area (Å²) >= 11 is 0. The van der Waals surface area contributed by atoms with Crippen molar-refractivity contribution in [3.8, 4) is 0 Å². The van der Waals surface area contributed by atoms with Gasteiger partial charge < -0.3 is 14.8 Å². The van der Waals surface area contributed by atoms with Crippen LogP contribution in [-0.2, 0) is 16.0 Å². The van der Waals surface area contributed by atoms with Gasteiger partial charge in [-0.1, -0.05) is 24.3 Å². The van der Waals surface area contributed by atoms with Gasteiger partial charge in [0.1, 0.15) is 0 Å². The first-order valence-corrected chi connectivity index (χ1v) is 5.93. The third-order valence-electron chi connectivity index (χ3n) is 2.90. The summed E-state index contributed by atoms with van der Waals surface area (Å²) < 4.78 is 10.2. The van der Waals surface area contributed by atoms with E-state index in [4.69, 9.17) is 9.47 Å². The minimum atomic E-state index is -0.215. The van der Waals surface area contributed by atoms with E-state index in [2.05, 4.69) is 22.4 Å². The first kappa shape index (κ1) is 13.0. The summed E-state index contributed by atoms with van der Waals surface area (Å²) in [4.78, 5) is 4.25. The Kier molecular flexibility index (Phi) is 4.64. The molecular weight excluding hydrogens is 228 g/mol. The fraction of sp³-hybridized carbons (Fsp3) is 0.357. The van der Waals surface area contributed by atoms with Crippen molar-refractivity contribution in [1.29, 1.82) is 0 Å². The van der Waals surface area contributed by atoms with Crippen molar-refractivity contribution >= 4 is 10.8 Å². The van der Waals surface area contributed by atoms with Gasteiger partial charge in [0.25, 0.3) is 0 Å². The Balaban J connectivity index is 2.03. The molecule has 4 heteroatoms. The molecule has 0 bridgehead atoms. The zero-order chi connectivity index (χ0) is 12.8. The van der Waals surface area contributed by atoms with Crippen LogP contribution in [0.4, 0.5) is 0 Å². The maximum atomic E-state index is 5.12. The van der Waals surface area contributed by atoms with Crippen LogP contribution in [-0.4, -0.2) is 32.0 Å². The summed E-state index contributed by atoms with van der Waals surface area (Å²) in [5.74, 6) is 0. The number of hydrogen-bond donors (Lipinski definition) is 1. The van der Waals surface area contributed by atoms with Gasteiger partial charge in [-0.25, -0.2) is 0 Å². The summed E-state index contributed by atoms with van der Waals surface area (Å²) in [6.45, 7) is 1.40. The lowest BCUT2D eigenvalue weighted by molar-refractivity contribution is -0.0988. The molecule has 0 saturated carbocycles. The molecule has 0 atom stereocenters. The monoisotopic (exact) mass is 246 g/mol. The second kappa shape index (κ2) is 6.44. The van der Waals surface area contributed by atoms with E-state index in [0.717, 1.165) is 11.9 Å². The number of aromatic nitrogens is 1. The molecule has 0 aliphatic rings. The molecule has 0 aliphatic carbocycles. The molecule has 1 aromatic carbocycles. The van der Waals surface area contributed by atoms with Crippen molar-refractivity contribution in [2.24, 2.45) is 0 Å². The molecule has 0 radical (unpaired) electrons. The van der Waals surface area contributed by atoms with Crippen LogP contribution in [0.3, 0.4) is 0 Å². The Morgan fingerprint density at radius 3 is 2.72 bits per heavy atom. The topological polar surface area (TPSA) is 43.4 Å². The number of nitrogens with zero attached hydrogens (tertiary/aromatic N) is 1. The zero-order valence-electron chi connectivity index (χ0n) is 10.7. The number of benzene rings is 1. The molecule has 2 aromatic rings. The lowest BCUT2D eigenvalue weighted by Gasteiger charge is -2.14. The van der Waals surface area contributed by atoms with Crippen LogP contribution in [0.5, 0.6) is 0 Å². The van der Waals surface area contributed by atoms with Crippen molar-refractivity contribution in [3.63, 3.8) is 0 Å². The SMILES string of the molecule is COC(CNCc1cncc2ccccc12)OC. The summed E-state index contributed by atoms with van der Waals surface area (Å²) in [6.07, 6.45) is 3.56. The minimum Gasteiger partial charge on any atom is -0.355 e. The second-order valence-corrected chi connectivity index (χ2v) is 4.05. The van der Waals surface area contributed by atoms with Crippen LogP contribution in [0.25, 0.3) is 10.8 Å². The normalized spacial score (nSPS) is 11.3. The fourth-order valence-electron chi connectivity index (χ4n) is 1.91. The molecule has 2 rings (SSSR count). The zero-order valence-corrected chi connectivity index (χ0v) is 10.7. The van der Waals surface area contributed by atoms with Crippen LogP contribution >= 0.6 is 0 Å². The smallest absolute Gasteiger partial charge is 0.169 e. The first-order chi connectivity index (χ1) is 8.85. The molecule has 0 spiro atoms. The molecule has 1 N–H and O–H groups in total. The Morgan fingerprint density at radius 1 is 1.17 bits per heavy atom. The van der Waals surface area contributed by atoms with Gasteiger partial charge in [-0.05, 0) is 10.9 Å². The highest BCUT2D eigenvalue weighted by atomic mass is 16.7. The van der Waals surface area contributed by atoms with Gasteiger partial charge in [-0.2, -0.15) is 0 Å². The van der Waals surface area contributed by atoms with Crippen LogP contribution in [0, 0.1) is 0 Å². The van der Waals surface area contributed by atoms with E-state index in [-0.39, 0.29) is 6.29 Å². The molecule has 0 fully saturated rings. The Hall–Kier alpha value is -1.49. The van der Waals surface area contributed by atoms with Gasteiger partial charge in [0.15, 0.2) is 6.29 Å². The van der Waals surface area contributed by atoms with Gasteiger partial charge in [-0.3, -0.25) is 4.98 Å². The molecule has 18 heavy (non-hydrogen) atoms. The fourth-order valence-corrected chi connectivity index (χ4v) is 1.91. The quantitative estimate of drug-likeness (QED) is 0.791. The predicted octanol–water partition coefficient (Wildman–Crippen LogP) is 1.94. The summed E-state index contributed by atoms with van der Waals surface area (Å²) in [5.41, 5.74) is 1.18. The van der Waals surface area contributed by atoms with Gasteiger partial charge in [0.2, 0.25) is 0 Å². The van der Waals surface area contributed by atoms with E-state index in [1.165, 1.54) is 10.9 Å². The van der Waals surface area contributed by atoms with E-state index < -0.39 is 0 Å². The highest BCUT2D eigenvalue weighted by molar-refractivity contribution is 5.84. The number of hydrogen-bond acceptors (Lipinski definition) is 4. The average Bonchev–Trinajstić information content (AvgIpc) is 2.44. The second-order valence-electron chi connectivity index (χ2n) is 4.05. The molecule has 1 heterocycles. The number of nitrogens with one attached hydrogen (secondary N) is 1. The van der Waals surface area contributed by atoms with E-state index in [1.807, 2.05) is 24.5 Å². The van der Waals surface area contributed by atoms with Crippen molar-refractivity contribution < 1.29 is 9.47 Å². The van der Waals surface area contributed by atoms with Crippen LogP contribution < -0.4 is 5.32 Å². The van der Waals surface area contributed by atoms with Crippen LogP contribution in [0.15, 0.2) is 36.7 Å². The minimum absolute atomic E-state index is 0.215. The van der Waals surface area contributed by atoms with Gasteiger partial charge in [-0.15, -0.1) is 0 Å². The molecule has 96 valence electrons. The van der Waals surface area contributed by atoms with Crippen molar-refractivity contribution in [1.82, 2.24) is 10.3 Å². The first-order valence-electron chi connectivity index (χ1n) is 5.93. The van der Waals surface area contributed by atoms with Crippen LogP contribution in [0.2, 0.25) is 0 Å². The summed E-state index contributed by atoms with van der Waals surface area (Å²) in [5, 5.41) is 5.69. The molecule has 0 aliphatic heterocycles. The number of methoxy groups -OCH3 is 2. The summed E-state index contributed by atoms with van der Waals surface area (Å²) in [7, 11) is 3.27. The maximum absolute atomic E-state index is 5.12. The highest BCUT2D eigenvalue weighted by Crippen LogP contribution is 2.16. The van der Waals surface area contributed by atoms with E-state index in [9.17, 15) is 0 Å². The largest absolute Gasteiger partial charge is 0.355 e. The molecular formula is C14H18N2O2. The molecule has 0 saturated heterocycles. The molecule has 4 nitrogen and oxygen atoms in total. The lowest BCUT2D eigenvalue weighted by Crippen LogP contribution is -2.29. The predicted molar refractivity (Wildman–Crippen MR) is 71.3 cm³/mol. The van der Waals surface area contributed by atoms with Gasteiger partial charge >= 0.3 is 0 Å². The highest BCUT2D eigenvalue weighted by Gasteiger charge is 2.05. The number of pyridine rings is 1. The van der Waals surface area contributed by atoms with Crippen LogP contribution in [0.1, 0.15) is 5.56 Å².